The second-order valence-electron chi connectivity index (χ2n) is 5.67. The third-order valence-corrected chi connectivity index (χ3v) is 3.73. The van der Waals surface area contributed by atoms with Crippen molar-refractivity contribution in [2.75, 3.05) is 13.1 Å². The molecular formula is C13H22N2O2. The van der Waals surface area contributed by atoms with Crippen LogP contribution in [0.1, 0.15) is 39.5 Å². The Balaban J connectivity index is 1.83. The van der Waals surface area contributed by atoms with Crippen LogP contribution in [0.25, 0.3) is 0 Å². The zero-order valence-electron chi connectivity index (χ0n) is 10.7. The molecule has 0 aromatic rings. The van der Waals surface area contributed by atoms with Gasteiger partial charge in [0.15, 0.2) is 0 Å². The fraction of sp³-hybridized carbons (Fsp3) is 0.846. The molecule has 1 aliphatic heterocycles. The average molecular weight is 238 g/mol. The summed E-state index contributed by atoms with van der Waals surface area (Å²) in [6.45, 7) is 5.47. The Morgan fingerprint density at radius 3 is 2.71 bits per heavy atom. The minimum Gasteiger partial charge on any atom is -0.356 e. The number of hydrogen-bond acceptors (Lipinski definition) is 2. The van der Waals surface area contributed by atoms with Gasteiger partial charge in [0.1, 0.15) is 0 Å². The van der Waals surface area contributed by atoms with Gasteiger partial charge in [-0.15, -0.1) is 0 Å². The molecule has 0 bridgehead atoms. The lowest BCUT2D eigenvalue weighted by molar-refractivity contribution is -0.131. The first-order valence-corrected chi connectivity index (χ1v) is 6.65. The molecular weight excluding hydrogens is 216 g/mol. The van der Waals surface area contributed by atoms with Gasteiger partial charge in [0.05, 0.1) is 5.92 Å². The molecule has 0 spiro atoms. The van der Waals surface area contributed by atoms with E-state index in [9.17, 15) is 9.59 Å². The van der Waals surface area contributed by atoms with Crippen molar-refractivity contribution < 1.29 is 9.59 Å². The highest BCUT2D eigenvalue weighted by atomic mass is 16.2. The highest BCUT2D eigenvalue weighted by Crippen LogP contribution is 2.30. The number of amides is 2. The van der Waals surface area contributed by atoms with Gasteiger partial charge in [0.25, 0.3) is 0 Å². The molecule has 2 fully saturated rings. The molecule has 2 aliphatic rings. The van der Waals surface area contributed by atoms with Crippen molar-refractivity contribution in [3.63, 3.8) is 0 Å². The van der Waals surface area contributed by atoms with Crippen LogP contribution in [0.2, 0.25) is 0 Å². The fourth-order valence-electron chi connectivity index (χ4n) is 2.41. The molecule has 0 radical (unpaired) electrons. The predicted molar refractivity (Wildman–Crippen MR) is 65.3 cm³/mol. The molecule has 1 aliphatic carbocycles. The van der Waals surface area contributed by atoms with Gasteiger partial charge in [-0.3, -0.25) is 9.59 Å². The minimum absolute atomic E-state index is 0.0499. The smallest absolute Gasteiger partial charge is 0.225 e. The van der Waals surface area contributed by atoms with Crippen molar-refractivity contribution in [1.82, 2.24) is 10.2 Å². The largest absolute Gasteiger partial charge is 0.356 e. The third kappa shape index (κ3) is 2.79. The van der Waals surface area contributed by atoms with Crippen molar-refractivity contribution in [2.24, 2.45) is 11.8 Å². The van der Waals surface area contributed by atoms with E-state index < -0.39 is 0 Å². The van der Waals surface area contributed by atoms with Gasteiger partial charge in [-0.05, 0) is 25.2 Å². The van der Waals surface area contributed by atoms with E-state index in [2.05, 4.69) is 19.2 Å². The summed E-state index contributed by atoms with van der Waals surface area (Å²) in [5.41, 5.74) is 0. The van der Waals surface area contributed by atoms with E-state index in [1.807, 2.05) is 4.90 Å². The lowest BCUT2D eigenvalue weighted by atomic mass is 9.92. The summed E-state index contributed by atoms with van der Waals surface area (Å²) in [4.78, 5) is 25.6. The number of nitrogens with zero attached hydrogens (tertiary/aromatic N) is 1. The first-order valence-electron chi connectivity index (χ1n) is 6.65. The van der Waals surface area contributed by atoms with Crippen LogP contribution in [0.4, 0.5) is 0 Å². The van der Waals surface area contributed by atoms with Crippen LogP contribution < -0.4 is 5.32 Å². The molecule has 1 atom stereocenters. The first-order chi connectivity index (χ1) is 8.08. The quantitative estimate of drug-likeness (QED) is 0.799. The summed E-state index contributed by atoms with van der Waals surface area (Å²) in [6, 6.07) is 0.422. The van der Waals surface area contributed by atoms with Crippen LogP contribution in [0.3, 0.4) is 0 Å². The van der Waals surface area contributed by atoms with Gasteiger partial charge in [-0.25, -0.2) is 0 Å². The van der Waals surface area contributed by atoms with E-state index in [1.54, 1.807) is 0 Å². The van der Waals surface area contributed by atoms with Crippen LogP contribution in [0.5, 0.6) is 0 Å². The Bertz CT molecular complexity index is 311. The lowest BCUT2D eigenvalue weighted by Gasteiger charge is -2.34. The maximum Gasteiger partial charge on any atom is 0.225 e. The summed E-state index contributed by atoms with van der Waals surface area (Å²) >= 11 is 0. The van der Waals surface area contributed by atoms with E-state index in [0.717, 1.165) is 12.8 Å². The highest BCUT2D eigenvalue weighted by molar-refractivity contribution is 5.89. The van der Waals surface area contributed by atoms with Gasteiger partial charge in [-0.1, -0.05) is 13.8 Å². The topological polar surface area (TPSA) is 49.4 Å². The zero-order chi connectivity index (χ0) is 12.4. The van der Waals surface area contributed by atoms with Crippen molar-refractivity contribution in [3.05, 3.63) is 0 Å². The van der Waals surface area contributed by atoms with Crippen LogP contribution >= 0.6 is 0 Å². The zero-order valence-corrected chi connectivity index (χ0v) is 10.7. The Morgan fingerprint density at radius 2 is 2.18 bits per heavy atom. The van der Waals surface area contributed by atoms with Crippen LogP contribution in [0, 0.1) is 11.8 Å². The Hall–Kier alpha value is -1.06. The molecule has 17 heavy (non-hydrogen) atoms. The Morgan fingerprint density at radius 1 is 1.47 bits per heavy atom. The van der Waals surface area contributed by atoms with Crippen LogP contribution in [0.15, 0.2) is 0 Å². The molecule has 1 saturated carbocycles. The number of hydrogen-bond donors (Lipinski definition) is 1. The van der Waals surface area contributed by atoms with Gasteiger partial charge in [0.2, 0.25) is 11.8 Å². The van der Waals surface area contributed by atoms with Gasteiger partial charge in [-0.2, -0.15) is 0 Å². The molecule has 2 rings (SSSR count). The number of likely N-dealkylation sites (tertiary alicyclic amines) is 1. The molecule has 1 unspecified atom stereocenters. The summed E-state index contributed by atoms with van der Waals surface area (Å²) in [5.74, 6) is 0.550. The first kappa shape index (κ1) is 12.4. The van der Waals surface area contributed by atoms with E-state index >= 15 is 0 Å². The molecule has 96 valence electrons. The maximum absolute atomic E-state index is 11.9. The molecule has 0 aromatic heterocycles. The number of nitrogens with one attached hydrogen (secondary N) is 1. The predicted octanol–water partition coefficient (Wildman–Crippen LogP) is 1.16. The molecule has 4 heteroatoms. The van der Waals surface area contributed by atoms with Gasteiger partial charge >= 0.3 is 0 Å². The van der Waals surface area contributed by atoms with Crippen molar-refractivity contribution in [2.45, 2.75) is 45.6 Å². The fourth-order valence-corrected chi connectivity index (χ4v) is 2.41. The summed E-state index contributed by atoms with van der Waals surface area (Å²) in [6.07, 6.45) is 3.86. The van der Waals surface area contributed by atoms with Crippen molar-refractivity contribution in [3.8, 4) is 0 Å². The molecule has 0 aromatic carbocycles. The normalized spacial score (nSPS) is 25.2. The van der Waals surface area contributed by atoms with Crippen molar-refractivity contribution in [1.29, 1.82) is 0 Å². The van der Waals surface area contributed by atoms with E-state index in [1.165, 1.54) is 6.42 Å². The highest BCUT2D eigenvalue weighted by Gasteiger charge is 2.39. The van der Waals surface area contributed by atoms with E-state index in [-0.39, 0.29) is 17.7 Å². The molecule has 1 saturated heterocycles. The number of carbonyl (C=O) groups excluding carboxylic acids is 2. The molecule has 2 amide bonds. The minimum atomic E-state index is -0.123. The average Bonchev–Trinajstić information content (AvgIpc) is 2.55. The van der Waals surface area contributed by atoms with Gasteiger partial charge in [0, 0.05) is 25.6 Å². The summed E-state index contributed by atoms with van der Waals surface area (Å²) in [5, 5.41) is 2.92. The standard InChI is InChI=1S/C13H22N2O2/c1-9(2)7-14-13(17)10-6-12(16)15(8-10)11-4-3-5-11/h9-11H,3-8H2,1-2H3,(H,14,17). The monoisotopic (exact) mass is 238 g/mol. The lowest BCUT2D eigenvalue weighted by Crippen LogP contribution is -2.42. The van der Waals surface area contributed by atoms with Crippen molar-refractivity contribution >= 4 is 11.8 Å². The Kier molecular flexibility index (Phi) is 3.69. The van der Waals surface area contributed by atoms with Crippen LogP contribution in [-0.4, -0.2) is 35.8 Å². The van der Waals surface area contributed by atoms with Crippen LogP contribution in [-0.2, 0) is 9.59 Å². The second kappa shape index (κ2) is 5.07. The van der Waals surface area contributed by atoms with E-state index in [0.29, 0.717) is 31.5 Å². The number of rotatable bonds is 4. The SMILES string of the molecule is CC(C)CNC(=O)C1CC(=O)N(C2CCC2)C1. The third-order valence-electron chi connectivity index (χ3n) is 3.73. The molecule has 1 heterocycles. The Labute approximate surface area is 103 Å². The number of carbonyl (C=O) groups is 2. The maximum atomic E-state index is 11.9. The summed E-state index contributed by atoms with van der Waals surface area (Å²) < 4.78 is 0. The van der Waals surface area contributed by atoms with Gasteiger partial charge < -0.3 is 10.2 Å². The molecule has 4 nitrogen and oxygen atoms in total. The van der Waals surface area contributed by atoms with E-state index in [4.69, 9.17) is 0 Å². The second-order valence-corrected chi connectivity index (χ2v) is 5.67. The molecule has 1 N–H and O–H groups in total. The summed E-state index contributed by atoms with van der Waals surface area (Å²) in [7, 11) is 0.